The van der Waals surface area contributed by atoms with Gasteiger partial charge in [0.15, 0.2) is 18.9 Å². The lowest BCUT2D eigenvalue weighted by atomic mass is 9.96. The lowest BCUT2D eigenvalue weighted by Gasteiger charge is -2.46. The molecular formula is C17H32N2O13S. The minimum Gasteiger partial charge on any atom is -0.390 e. The highest BCUT2D eigenvalue weighted by molar-refractivity contribution is 7.83. The molecule has 15 nitrogen and oxygen atoms in total. The smallest absolute Gasteiger partial charge is 0.333 e. The molecule has 0 spiro atoms. The predicted molar refractivity (Wildman–Crippen MR) is 106 cm³/mol. The van der Waals surface area contributed by atoms with Crippen LogP contribution in [0.2, 0.25) is 0 Å². The number of nitrogens with two attached hydrogens (primary N) is 1. The Morgan fingerprint density at radius 1 is 1.00 bits per heavy atom. The molecule has 3 saturated heterocycles. The summed E-state index contributed by atoms with van der Waals surface area (Å²) in [5, 5.41) is 40.5. The van der Waals surface area contributed by atoms with E-state index in [2.05, 4.69) is 0 Å². The Morgan fingerprint density at radius 2 is 1.67 bits per heavy atom. The van der Waals surface area contributed by atoms with E-state index in [4.69, 9.17) is 38.7 Å². The summed E-state index contributed by atoms with van der Waals surface area (Å²) in [6, 6.07) is -1.19. The number of aliphatic hydroxyl groups excluding tert-OH is 4. The molecule has 0 bridgehead atoms. The molecule has 0 aromatic heterocycles. The SMILES string of the molecule is CO[C@H]1C[C@H](O)[C@H](O[C@@H]2OC(CNS(=O)(=O)O)[C@@H](O[C@H]3C[C@H](O)[C@H](O)CO3)[C@H](O)C2N)CO1. The van der Waals surface area contributed by atoms with Crippen LogP contribution in [0.3, 0.4) is 0 Å². The van der Waals surface area contributed by atoms with E-state index in [1.165, 1.54) is 7.11 Å². The van der Waals surface area contributed by atoms with Crippen LogP contribution in [-0.4, -0.2) is 128 Å². The molecular weight excluding hydrogens is 472 g/mol. The fourth-order valence-corrected chi connectivity index (χ4v) is 4.16. The van der Waals surface area contributed by atoms with Crippen molar-refractivity contribution < 1.29 is 61.8 Å². The maximum absolute atomic E-state index is 11.2. The third-order valence-electron chi connectivity index (χ3n) is 5.71. The van der Waals surface area contributed by atoms with Gasteiger partial charge in [-0.2, -0.15) is 13.1 Å². The molecule has 3 rings (SSSR count). The molecule has 0 radical (unpaired) electrons. The Morgan fingerprint density at radius 3 is 2.27 bits per heavy atom. The number of hydrogen-bond donors (Lipinski definition) is 7. The van der Waals surface area contributed by atoms with Gasteiger partial charge in [0.1, 0.15) is 30.5 Å². The molecule has 3 heterocycles. The normalized spacial score (nSPS) is 45.1. The van der Waals surface area contributed by atoms with Gasteiger partial charge < -0.3 is 54.6 Å². The summed E-state index contributed by atoms with van der Waals surface area (Å²) < 4.78 is 66.1. The Hall–Kier alpha value is -0.570. The van der Waals surface area contributed by atoms with Gasteiger partial charge in [0.05, 0.1) is 31.5 Å². The molecule has 0 aromatic carbocycles. The van der Waals surface area contributed by atoms with Crippen molar-refractivity contribution in [3.63, 3.8) is 0 Å². The number of ether oxygens (including phenoxy) is 6. The molecule has 2 unspecified atom stereocenters. The molecule has 0 amide bonds. The first-order valence-electron chi connectivity index (χ1n) is 10.4. The zero-order valence-electron chi connectivity index (χ0n) is 17.9. The maximum Gasteiger partial charge on any atom is 0.333 e. The summed E-state index contributed by atoms with van der Waals surface area (Å²) >= 11 is 0. The van der Waals surface area contributed by atoms with Crippen LogP contribution in [0.25, 0.3) is 0 Å². The first kappa shape index (κ1) is 27.0. The summed E-state index contributed by atoms with van der Waals surface area (Å²) in [6.45, 7) is -0.796. The molecule has 0 saturated carbocycles. The van der Waals surface area contributed by atoms with Gasteiger partial charge in [-0.15, -0.1) is 0 Å². The van der Waals surface area contributed by atoms with Crippen LogP contribution >= 0.6 is 0 Å². The summed E-state index contributed by atoms with van der Waals surface area (Å²) in [6.07, 6.45) is -11.0. The lowest BCUT2D eigenvalue weighted by Crippen LogP contribution is -2.66. The van der Waals surface area contributed by atoms with Crippen LogP contribution in [-0.2, 0) is 38.7 Å². The third kappa shape index (κ3) is 7.21. The third-order valence-corrected chi connectivity index (χ3v) is 6.24. The Balaban J connectivity index is 1.69. The van der Waals surface area contributed by atoms with Gasteiger partial charge in [-0.05, 0) is 0 Å². The Bertz CT molecular complexity index is 730. The zero-order chi connectivity index (χ0) is 24.3. The highest BCUT2D eigenvalue weighted by atomic mass is 32.2. The quantitative estimate of drug-likeness (QED) is 0.155. The molecule has 0 aliphatic carbocycles. The van der Waals surface area contributed by atoms with Gasteiger partial charge in [-0.25, -0.2) is 0 Å². The molecule has 194 valence electrons. The van der Waals surface area contributed by atoms with Gasteiger partial charge >= 0.3 is 10.3 Å². The van der Waals surface area contributed by atoms with E-state index in [1.807, 2.05) is 4.72 Å². The highest BCUT2D eigenvalue weighted by Crippen LogP contribution is 2.29. The molecule has 33 heavy (non-hydrogen) atoms. The van der Waals surface area contributed by atoms with E-state index in [0.717, 1.165) is 0 Å². The van der Waals surface area contributed by atoms with Crippen molar-refractivity contribution in [2.45, 2.75) is 80.5 Å². The van der Waals surface area contributed by atoms with Gasteiger partial charge in [0, 0.05) is 26.5 Å². The number of nitrogens with one attached hydrogen (secondary N) is 1. The van der Waals surface area contributed by atoms with E-state index in [-0.39, 0.29) is 26.1 Å². The second kappa shape index (κ2) is 11.4. The number of aliphatic hydroxyl groups is 4. The molecule has 16 heteroatoms. The molecule has 0 aromatic rings. The van der Waals surface area contributed by atoms with Crippen molar-refractivity contribution in [2.75, 3.05) is 26.9 Å². The average molecular weight is 505 g/mol. The molecule has 11 atom stereocenters. The monoisotopic (exact) mass is 504 g/mol. The van der Waals surface area contributed by atoms with Crippen molar-refractivity contribution >= 4 is 10.3 Å². The fourth-order valence-electron chi connectivity index (χ4n) is 3.79. The van der Waals surface area contributed by atoms with E-state index in [0.29, 0.717) is 0 Å². The van der Waals surface area contributed by atoms with Crippen LogP contribution in [0.5, 0.6) is 0 Å². The van der Waals surface area contributed by atoms with Crippen molar-refractivity contribution in [1.29, 1.82) is 0 Å². The maximum atomic E-state index is 11.2. The van der Waals surface area contributed by atoms with Gasteiger partial charge in [-0.3, -0.25) is 4.55 Å². The van der Waals surface area contributed by atoms with E-state index < -0.39 is 84.5 Å². The number of rotatable bonds is 8. The minimum absolute atomic E-state index is 0.0493. The fraction of sp³-hybridized carbons (Fsp3) is 1.00. The first-order valence-corrected chi connectivity index (χ1v) is 11.8. The van der Waals surface area contributed by atoms with Crippen LogP contribution in [0.1, 0.15) is 12.8 Å². The summed E-state index contributed by atoms with van der Waals surface area (Å²) in [5.41, 5.74) is 6.08. The van der Waals surface area contributed by atoms with Crippen molar-refractivity contribution in [3.8, 4) is 0 Å². The Kier molecular flexibility index (Phi) is 9.37. The summed E-state index contributed by atoms with van der Waals surface area (Å²) in [4.78, 5) is 0. The predicted octanol–water partition coefficient (Wildman–Crippen LogP) is -4.22. The van der Waals surface area contributed by atoms with Gasteiger partial charge in [0.25, 0.3) is 0 Å². The molecule has 3 aliphatic heterocycles. The lowest BCUT2D eigenvalue weighted by molar-refractivity contribution is -0.326. The van der Waals surface area contributed by atoms with Crippen molar-refractivity contribution in [3.05, 3.63) is 0 Å². The number of methoxy groups -OCH3 is 1. The van der Waals surface area contributed by atoms with E-state index in [9.17, 15) is 28.8 Å². The second-order valence-corrected chi connectivity index (χ2v) is 9.38. The minimum atomic E-state index is -4.61. The van der Waals surface area contributed by atoms with Crippen molar-refractivity contribution in [2.24, 2.45) is 5.73 Å². The van der Waals surface area contributed by atoms with E-state index >= 15 is 0 Å². The van der Waals surface area contributed by atoms with Crippen LogP contribution in [0, 0.1) is 0 Å². The summed E-state index contributed by atoms with van der Waals surface area (Å²) in [5.74, 6) is 0. The molecule has 3 fully saturated rings. The van der Waals surface area contributed by atoms with Crippen molar-refractivity contribution in [1.82, 2.24) is 4.72 Å². The largest absolute Gasteiger partial charge is 0.390 e. The second-order valence-electron chi connectivity index (χ2n) is 8.14. The van der Waals surface area contributed by atoms with Gasteiger partial charge in [0.2, 0.25) is 0 Å². The average Bonchev–Trinajstić information content (AvgIpc) is 2.75. The summed E-state index contributed by atoms with van der Waals surface area (Å²) in [7, 11) is -3.18. The van der Waals surface area contributed by atoms with E-state index in [1.54, 1.807) is 0 Å². The standard InChI is InChI=1S/C17H32N2O13S/c1-27-12-3-8(21)11(6-29-12)31-17-14(18)15(23)16(10(30-17)4-19-33(24,25)26)32-13-2-7(20)9(22)5-28-13/h7-17,19-23H,2-6,18H2,1H3,(H,24,25,26)/t7-,8-,9+,10?,11+,12+,13-,14?,15+,16+,17-/m0/s1. The topological polar surface area (TPSA) is 229 Å². The molecule has 8 N–H and O–H groups in total. The highest BCUT2D eigenvalue weighted by Gasteiger charge is 2.48. The molecule has 3 aliphatic rings. The van der Waals surface area contributed by atoms with Crippen LogP contribution < -0.4 is 10.5 Å². The first-order chi connectivity index (χ1) is 15.5. The van der Waals surface area contributed by atoms with Crippen LogP contribution in [0.4, 0.5) is 0 Å². The van der Waals surface area contributed by atoms with Gasteiger partial charge in [-0.1, -0.05) is 0 Å². The van der Waals surface area contributed by atoms with Crippen LogP contribution in [0.15, 0.2) is 0 Å². The number of hydrogen-bond acceptors (Lipinski definition) is 13. The Labute approximate surface area is 190 Å². The zero-order valence-corrected chi connectivity index (χ0v) is 18.7.